The van der Waals surface area contributed by atoms with E-state index in [0.29, 0.717) is 6.54 Å². The molecule has 1 N–H and O–H groups in total. The van der Waals surface area contributed by atoms with Crippen molar-refractivity contribution in [1.29, 1.82) is 0 Å². The maximum Gasteiger partial charge on any atom is 0.317 e. The molecular weight excluding hydrogens is 301 g/mol. The Bertz CT molecular complexity index is 656. The van der Waals surface area contributed by atoms with Gasteiger partial charge < -0.3 is 10.2 Å². The van der Waals surface area contributed by atoms with Crippen LogP contribution in [0.25, 0.3) is 0 Å². The van der Waals surface area contributed by atoms with Gasteiger partial charge in [0.2, 0.25) is 0 Å². The van der Waals surface area contributed by atoms with Crippen LogP contribution in [-0.2, 0) is 6.42 Å². The number of aryl methyl sites for hydroxylation is 1. The topological polar surface area (TPSA) is 45.2 Å². The normalized spacial score (nSPS) is 17.2. The van der Waals surface area contributed by atoms with Crippen LogP contribution < -0.4 is 5.32 Å². The molecule has 0 spiro atoms. The second-order valence-corrected chi connectivity index (χ2v) is 6.36. The van der Waals surface area contributed by atoms with Gasteiger partial charge in [-0.15, -0.1) is 11.3 Å². The fourth-order valence-corrected chi connectivity index (χ4v) is 3.33. The van der Waals surface area contributed by atoms with Crippen LogP contribution >= 0.6 is 11.3 Å². The van der Waals surface area contributed by atoms with E-state index in [1.807, 2.05) is 12.3 Å². The number of halogens is 1. The Morgan fingerprint density at radius 2 is 2.23 bits per heavy atom. The van der Waals surface area contributed by atoms with Crippen molar-refractivity contribution in [2.24, 2.45) is 0 Å². The number of carbonyl (C=O) groups is 1. The molecule has 1 atom stereocenters. The van der Waals surface area contributed by atoms with E-state index in [9.17, 15) is 9.18 Å². The van der Waals surface area contributed by atoms with Crippen LogP contribution in [-0.4, -0.2) is 29.0 Å². The van der Waals surface area contributed by atoms with Gasteiger partial charge in [-0.1, -0.05) is 12.1 Å². The van der Waals surface area contributed by atoms with Gasteiger partial charge in [0.1, 0.15) is 5.82 Å². The lowest BCUT2D eigenvalue weighted by atomic mass is 9.95. The molecule has 116 valence electrons. The monoisotopic (exact) mass is 319 g/mol. The number of carbonyl (C=O) groups excluding carboxylic acids is 1. The molecule has 1 saturated heterocycles. The molecule has 0 saturated carbocycles. The summed E-state index contributed by atoms with van der Waals surface area (Å²) in [5.74, 6) is -0.252. The van der Waals surface area contributed by atoms with Crippen LogP contribution in [0.15, 0.2) is 29.6 Å². The second kappa shape index (κ2) is 6.44. The van der Waals surface area contributed by atoms with E-state index in [0.717, 1.165) is 35.7 Å². The molecule has 1 aromatic heterocycles. The second-order valence-electron chi connectivity index (χ2n) is 5.41. The first-order chi connectivity index (χ1) is 10.6. The third kappa shape index (κ3) is 3.27. The number of hydrogen-bond donors (Lipinski definition) is 1. The van der Waals surface area contributed by atoms with Crippen molar-refractivity contribution in [2.75, 3.05) is 13.1 Å². The summed E-state index contributed by atoms with van der Waals surface area (Å²) >= 11 is 1.62. The molecule has 1 aliphatic heterocycles. The molecule has 2 heterocycles. The van der Waals surface area contributed by atoms with Crippen molar-refractivity contribution in [3.8, 4) is 0 Å². The molecule has 3 rings (SSSR count). The quantitative estimate of drug-likeness (QED) is 0.940. The predicted octanol–water partition coefficient (Wildman–Crippen LogP) is 3.29. The van der Waals surface area contributed by atoms with E-state index in [1.54, 1.807) is 28.4 Å². The van der Waals surface area contributed by atoms with Gasteiger partial charge in [0.05, 0.1) is 11.0 Å². The summed E-state index contributed by atoms with van der Waals surface area (Å²) in [6, 6.07) is 6.37. The summed E-state index contributed by atoms with van der Waals surface area (Å²) in [4.78, 5) is 18.4. The van der Waals surface area contributed by atoms with E-state index in [1.165, 1.54) is 12.1 Å². The van der Waals surface area contributed by atoms with Crippen molar-refractivity contribution in [3.05, 3.63) is 51.7 Å². The Morgan fingerprint density at radius 3 is 2.82 bits per heavy atom. The number of amides is 2. The van der Waals surface area contributed by atoms with Crippen LogP contribution in [0.2, 0.25) is 0 Å². The molecule has 0 bridgehead atoms. The lowest BCUT2D eigenvalue weighted by Gasteiger charge is -2.41. The number of likely N-dealkylation sites (tertiary alicyclic amines) is 1. The minimum Gasteiger partial charge on any atom is -0.338 e. The zero-order chi connectivity index (χ0) is 15.5. The van der Waals surface area contributed by atoms with Gasteiger partial charge in [0.15, 0.2) is 0 Å². The van der Waals surface area contributed by atoms with Crippen LogP contribution in [0.4, 0.5) is 9.18 Å². The van der Waals surface area contributed by atoms with E-state index < -0.39 is 0 Å². The van der Waals surface area contributed by atoms with Crippen molar-refractivity contribution in [1.82, 2.24) is 15.2 Å². The zero-order valence-electron chi connectivity index (χ0n) is 12.4. The van der Waals surface area contributed by atoms with Gasteiger partial charge >= 0.3 is 6.03 Å². The molecule has 1 fully saturated rings. The maximum atomic E-state index is 13.0. The number of nitrogens with zero attached hydrogens (tertiary/aromatic N) is 2. The molecule has 1 aromatic carbocycles. The van der Waals surface area contributed by atoms with Crippen molar-refractivity contribution >= 4 is 17.4 Å². The molecule has 2 aromatic rings. The Kier molecular flexibility index (Phi) is 4.38. The van der Waals surface area contributed by atoms with Gasteiger partial charge in [-0.2, -0.15) is 0 Å². The van der Waals surface area contributed by atoms with Crippen LogP contribution in [0, 0.1) is 12.7 Å². The van der Waals surface area contributed by atoms with Crippen molar-refractivity contribution in [3.63, 3.8) is 0 Å². The van der Waals surface area contributed by atoms with E-state index in [4.69, 9.17) is 0 Å². The number of aromatic nitrogens is 1. The minimum absolute atomic E-state index is 0.0581. The molecule has 22 heavy (non-hydrogen) atoms. The number of thiazole rings is 1. The molecule has 1 aliphatic rings. The highest BCUT2D eigenvalue weighted by Gasteiger charge is 2.33. The van der Waals surface area contributed by atoms with Gasteiger partial charge in [-0.3, -0.25) is 0 Å². The minimum atomic E-state index is -0.252. The number of hydrogen-bond acceptors (Lipinski definition) is 3. The molecule has 6 heteroatoms. The summed E-state index contributed by atoms with van der Waals surface area (Å²) in [5.41, 5.74) is 2.00. The van der Waals surface area contributed by atoms with Gasteiger partial charge in [-0.05, 0) is 31.0 Å². The number of urea groups is 1. The zero-order valence-corrected chi connectivity index (χ0v) is 13.2. The smallest absolute Gasteiger partial charge is 0.317 e. The Hall–Kier alpha value is -1.95. The fraction of sp³-hybridized carbons (Fsp3) is 0.375. The molecule has 0 aliphatic carbocycles. The SMILES string of the molecule is Cc1csc(CCNC(=O)N2CCC2c2ccc(F)cc2)n1. The number of nitrogens with one attached hydrogen (secondary N) is 1. The summed E-state index contributed by atoms with van der Waals surface area (Å²) < 4.78 is 13.0. The van der Waals surface area contributed by atoms with Gasteiger partial charge in [0, 0.05) is 30.6 Å². The Morgan fingerprint density at radius 1 is 1.45 bits per heavy atom. The van der Waals surface area contributed by atoms with E-state index in [-0.39, 0.29) is 17.9 Å². The first-order valence-electron chi connectivity index (χ1n) is 7.34. The van der Waals surface area contributed by atoms with Crippen molar-refractivity contribution in [2.45, 2.75) is 25.8 Å². The van der Waals surface area contributed by atoms with Gasteiger partial charge in [0.25, 0.3) is 0 Å². The van der Waals surface area contributed by atoms with Crippen molar-refractivity contribution < 1.29 is 9.18 Å². The van der Waals surface area contributed by atoms with Crippen LogP contribution in [0.3, 0.4) is 0 Å². The molecule has 0 radical (unpaired) electrons. The van der Waals surface area contributed by atoms with E-state index in [2.05, 4.69) is 10.3 Å². The lowest BCUT2D eigenvalue weighted by molar-refractivity contribution is 0.115. The number of benzene rings is 1. The fourth-order valence-electron chi connectivity index (χ4n) is 2.56. The summed E-state index contributed by atoms with van der Waals surface area (Å²) in [6.45, 7) is 3.29. The Labute approximate surface area is 133 Å². The average Bonchev–Trinajstić information content (AvgIpc) is 2.86. The summed E-state index contributed by atoms with van der Waals surface area (Å²) in [6.07, 6.45) is 1.67. The standard InChI is InChI=1S/C16H18FN3OS/c1-11-10-22-15(19-11)6-8-18-16(21)20-9-7-14(20)12-2-4-13(17)5-3-12/h2-5,10,14H,6-9H2,1H3,(H,18,21). The van der Waals surface area contributed by atoms with Crippen LogP contribution in [0.5, 0.6) is 0 Å². The highest BCUT2D eigenvalue weighted by molar-refractivity contribution is 7.09. The maximum absolute atomic E-state index is 13.0. The molecule has 1 unspecified atom stereocenters. The predicted molar refractivity (Wildman–Crippen MR) is 84.4 cm³/mol. The Balaban J connectivity index is 1.51. The third-order valence-corrected chi connectivity index (χ3v) is 4.84. The first kappa shape index (κ1) is 15.0. The molecule has 2 amide bonds. The third-order valence-electron chi connectivity index (χ3n) is 3.82. The molecule has 4 nitrogen and oxygen atoms in total. The number of rotatable bonds is 4. The first-order valence-corrected chi connectivity index (χ1v) is 8.22. The van der Waals surface area contributed by atoms with E-state index >= 15 is 0 Å². The lowest BCUT2D eigenvalue weighted by Crippen LogP contribution is -2.50. The average molecular weight is 319 g/mol. The summed E-state index contributed by atoms with van der Waals surface area (Å²) in [5, 5.41) is 5.98. The highest BCUT2D eigenvalue weighted by atomic mass is 32.1. The summed E-state index contributed by atoms with van der Waals surface area (Å²) in [7, 11) is 0. The highest BCUT2D eigenvalue weighted by Crippen LogP contribution is 2.33. The van der Waals surface area contributed by atoms with Crippen LogP contribution in [0.1, 0.15) is 28.7 Å². The molecular formula is C16H18FN3OS. The largest absolute Gasteiger partial charge is 0.338 e. The van der Waals surface area contributed by atoms with Gasteiger partial charge in [-0.25, -0.2) is 14.2 Å².